The van der Waals surface area contributed by atoms with E-state index in [1.54, 1.807) is 6.07 Å². The number of aliphatic hydroxyl groups excluding tert-OH is 2. The summed E-state index contributed by atoms with van der Waals surface area (Å²) in [5, 5.41) is 29.2. The van der Waals surface area contributed by atoms with E-state index in [1.807, 2.05) is 0 Å². The van der Waals surface area contributed by atoms with E-state index in [4.69, 9.17) is 9.84 Å². The van der Waals surface area contributed by atoms with E-state index in [9.17, 15) is 15.2 Å². The van der Waals surface area contributed by atoms with Crippen molar-refractivity contribution in [2.75, 3.05) is 13.2 Å². The van der Waals surface area contributed by atoms with Gasteiger partial charge in [-0.3, -0.25) is 10.1 Å². The van der Waals surface area contributed by atoms with Crippen LogP contribution in [0.15, 0.2) is 16.6 Å². The zero-order valence-electron chi connectivity index (χ0n) is 9.80. The lowest BCUT2D eigenvalue weighted by atomic mass is 10.1. The Morgan fingerprint density at radius 2 is 2.22 bits per heavy atom. The van der Waals surface area contributed by atoms with Crippen LogP contribution in [0.25, 0.3) is 0 Å². The summed E-state index contributed by atoms with van der Waals surface area (Å²) in [6.45, 7) is 1.59. The Morgan fingerprint density at radius 1 is 1.56 bits per heavy atom. The lowest BCUT2D eigenvalue weighted by molar-refractivity contribution is -0.386. The molecule has 100 valence electrons. The molecular weight excluding hydrogens is 306 g/mol. The molecular formula is C11H14BrNO5. The van der Waals surface area contributed by atoms with Gasteiger partial charge in [0.25, 0.3) is 0 Å². The van der Waals surface area contributed by atoms with Crippen LogP contribution in [0.3, 0.4) is 0 Å². The smallest absolute Gasteiger partial charge is 0.312 e. The maximum Gasteiger partial charge on any atom is 0.312 e. The van der Waals surface area contributed by atoms with Crippen molar-refractivity contribution in [3.05, 3.63) is 32.3 Å². The molecule has 1 atom stereocenters. The van der Waals surface area contributed by atoms with E-state index in [1.165, 1.54) is 13.0 Å². The van der Waals surface area contributed by atoms with E-state index < -0.39 is 11.0 Å². The Balaban J connectivity index is 3.18. The van der Waals surface area contributed by atoms with Gasteiger partial charge in [-0.2, -0.15) is 0 Å². The highest BCUT2D eigenvalue weighted by molar-refractivity contribution is 9.10. The summed E-state index contributed by atoms with van der Waals surface area (Å²) >= 11 is 3.15. The Kier molecular flexibility index (Phi) is 5.52. The molecule has 6 nitrogen and oxygen atoms in total. The summed E-state index contributed by atoms with van der Waals surface area (Å²) < 4.78 is 5.80. The standard InChI is InChI=1S/C11H14BrNO5/c1-7(15)9-5-8(12)6-10(13(16)17)11(9)18-4-2-3-14/h5-7,14-15H,2-4H2,1H3/t7-/m0/s1. The molecule has 1 aromatic carbocycles. The lowest BCUT2D eigenvalue weighted by Gasteiger charge is -2.14. The van der Waals surface area contributed by atoms with Crippen LogP contribution in [-0.4, -0.2) is 28.4 Å². The lowest BCUT2D eigenvalue weighted by Crippen LogP contribution is -2.06. The van der Waals surface area contributed by atoms with E-state index in [0.717, 1.165) is 0 Å². The van der Waals surface area contributed by atoms with Gasteiger partial charge in [0, 0.05) is 29.1 Å². The van der Waals surface area contributed by atoms with E-state index in [-0.39, 0.29) is 24.7 Å². The fourth-order valence-electron chi connectivity index (χ4n) is 1.44. The number of rotatable bonds is 6. The summed E-state index contributed by atoms with van der Waals surface area (Å²) in [4.78, 5) is 10.4. The highest BCUT2D eigenvalue weighted by Crippen LogP contribution is 2.37. The highest BCUT2D eigenvalue weighted by atomic mass is 79.9. The zero-order valence-corrected chi connectivity index (χ0v) is 11.4. The van der Waals surface area contributed by atoms with Crippen LogP contribution in [-0.2, 0) is 0 Å². The number of nitrogens with zero attached hydrogens (tertiary/aromatic N) is 1. The molecule has 7 heteroatoms. The van der Waals surface area contributed by atoms with Crippen LogP contribution in [0.5, 0.6) is 5.75 Å². The molecule has 0 saturated carbocycles. The predicted octanol–water partition coefficient (Wildman–Crippen LogP) is 2.17. The molecule has 2 N–H and O–H groups in total. The first-order chi connectivity index (χ1) is 8.47. The molecule has 1 rings (SSSR count). The number of ether oxygens (including phenoxy) is 1. The third-order valence-corrected chi connectivity index (χ3v) is 2.72. The van der Waals surface area contributed by atoms with Crippen molar-refractivity contribution in [2.24, 2.45) is 0 Å². The first kappa shape index (κ1) is 14.9. The summed E-state index contributed by atoms with van der Waals surface area (Å²) in [6.07, 6.45) is -0.516. The van der Waals surface area contributed by atoms with Gasteiger partial charge < -0.3 is 14.9 Å². The van der Waals surface area contributed by atoms with Gasteiger partial charge in [0.15, 0.2) is 0 Å². The maximum absolute atomic E-state index is 11.0. The van der Waals surface area contributed by atoms with Gasteiger partial charge in [-0.05, 0) is 13.0 Å². The number of nitro benzene ring substituents is 1. The SMILES string of the molecule is C[C@H](O)c1cc(Br)cc([N+](=O)[O-])c1OCCCO. The normalized spacial score (nSPS) is 12.2. The molecule has 0 heterocycles. The van der Waals surface area contributed by atoms with Gasteiger partial charge in [0.05, 0.1) is 17.6 Å². The molecule has 0 aliphatic carbocycles. The van der Waals surface area contributed by atoms with Crippen LogP contribution in [0.1, 0.15) is 25.0 Å². The molecule has 0 radical (unpaired) electrons. The Morgan fingerprint density at radius 3 is 2.72 bits per heavy atom. The number of aliphatic hydroxyl groups is 2. The van der Waals surface area contributed by atoms with Crippen LogP contribution in [0.2, 0.25) is 0 Å². The second-order valence-electron chi connectivity index (χ2n) is 3.70. The minimum Gasteiger partial charge on any atom is -0.486 e. The molecule has 0 spiro atoms. The van der Waals surface area contributed by atoms with Gasteiger partial charge in [0.2, 0.25) is 5.75 Å². The summed E-state index contributed by atoms with van der Waals surface area (Å²) in [5.74, 6) is 0.0478. The molecule has 0 saturated heterocycles. The monoisotopic (exact) mass is 319 g/mol. The van der Waals surface area contributed by atoms with Gasteiger partial charge in [-0.15, -0.1) is 0 Å². The maximum atomic E-state index is 11.0. The fourth-order valence-corrected chi connectivity index (χ4v) is 1.91. The summed E-state index contributed by atoms with van der Waals surface area (Å²) in [7, 11) is 0. The largest absolute Gasteiger partial charge is 0.486 e. The van der Waals surface area contributed by atoms with Crippen LogP contribution < -0.4 is 4.74 Å². The highest BCUT2D eigenvalue weighted by Gasteiger charge is 2.23. The van der Waals surface area contributed by atoms with Crippen molar-refractivity contribution < 1.29 is 19.9 Å². The number of hydrogen-bond acceptors (Lipinski definition) is 5. The van der Waals surface area contributed by atoms with Gasteiger partial charge in [-0.1, -0.05) is 15.9 Å². The molecule has 0 aliphatic heterocycles. The third-order valence-electron chi connectivity index (χ3n) is 2.26. The Hall–Kier alpha value is -1.18. The molecule has 0 bridgehead atoms. The van der Waals surface area contributed by atoms with Gasteiger partial charge >= 0.3 is 5.69 Å². The average Bonchev–Trinajstić information content (AvgIpc) is 2.30. The molecule has 18 heavy (non-hydrogen) atoms. The van der Waals surface area contributed by atoms with Crippen molar-refractivity contribution >= 4 is 21.6 Å². The number of benzene rings is 1. The Bertz CT molecular complexity index is 436. The number of halogens is 1. The van der Waals surface area contributed by atoms with Crippen LogP contribution >= 0.6 is 15.9 Å². The minimum atomic E-state index is -0.884. The molecule has 1 aromatic rings. The molecule has 0 fully saturated rings. The van der Waals surface area contributed by atoms with Crippen molar-refractivity contribution in [3.8, 4) is 5.75 Å². The number of nitro groups is 1. The quantitative estimate of drug-likeness (QED) is 0.476. The third kappa shape index (κ3) is 3.66. The average molecular weight is 320 g/mol. The van der Waals surface area contributed by atoms with Crippen molar-refractivity contribution in [1.82, 2.24) is 0 Å². The topological polar surface area (TPSA) is 92.8 Å². The molecule has 0 aliphatic rings. The summed E-state index contributed by atoms with van der Waals surface area (Å²) in [6, 6.07) is 2.89. The zero-order chi connectivity index (χ0) is 13.7. The first-order valence-corrected chi connectivity index (χ1v) is 6.16. The van der Waals surface area contributed by atoms with Crippen molar-refractivity contribution in [3.63, 3.8) is 0 Å². The summed E-state index contributed by atoms with van der Waals surface area (Å²) in [5.41, 5.74) is 0.132. The van der Waals surface area contributed by atoms with Crippen molar-refractivity contribution in [2.45, 2.75) is 19.4 Å². The van der Waals surface area contributed by atoms with E-state index in [2.05, 4.69) is 15.9 Å². The molecule has 0 amide bonds. The predicted molar refractivity (Wildman–Crippen MR) is 68.6 cm³/mol. The van der Waals surface area contributed by atoms with Gasteiger partial charge in [-0.25, -0.2) is 0 Å². The number of hydrogen-bond donors (Lipinski definition) is 2. The minimum absolute atomic E-state index is 0.0478. The van der Waals surface area contributed by atoms with Crippen LogP contribution in [0.4, 0.5) is 5.69 Å². The second-order valence-corrected chi connectivity index (χ2v) is 4.62. The molecule has 0 aromatic heterocycles. The van der Waals surface area contributed by atoms with Crippen LogP contribution in [0, 0.1) is 10.1 Å². The second kappa shape index (κ2) is 6.67. The molecule has 0 unspecified atom stereocenters. The Labute approximate surface area is 112 Å². The van der Waals surface area contributed by atoms with E-state index in [0.29, 0.717) is 16.5 Å². The first-order valence-electron chi connectivity index (χ1n) is 5.37. The fraction of sp³-hybridized carbons (Fsp3) is 0.455. The van der Waals surface area contributed by atoms with E-state index >= 15 is 0 Å². The van der Waals surface area contributed by atoms with Crippen molar-refractivity contribution in [1.29, 1.82) is 0 Å². The van der Waals surface area contributed by atoms with Gasteiger partial charge in [0.1, 0.15) is 0 Å².